The predicted molar refractivity (Wildman–Crippen MR) is 74.6 cm³/mol. The third kappa shape index (κ3) is 1.81. The van der Waals surface area contributed by atoms with Crippen molar-refractivity contribution in [3.05, 3.63) is 47.8 Å². The zero-order chi connectivity index (χ0) is 13.6. The maximum atomic E-state index is 10.6. The van der Waals surface area contributed by atoms with Crippen LogP contribution in [-0.4, -0.2) is 15.9 Å². The van der Waals surface area contributed by atoms with Gasteiger partial charge in [0, 0.05) is 17.8 Å². The molecule has 2 aliphatic rings. The van der Waals surface area contributed by atoms with E-state index in [9.17, 15) is 4.79 Å². The molecule has 0 aliphatic heterocycles. The number of carbonyl (C=O) groups excluding carboxylic acids is 1. The topological polar surface area (TPSA) is 47.2 Å². The molecule has 100 valence electrons. The van der Waals surface area contributed by atoms with Crippen LogP contribution in [0.1, 0.15) is 42.9 Å². The first kappa shape index (κ1) is 11.6. The molecule has 4 heteroatoms. The van der Waals surface area contributed by atoms with Gasteiger partial charge >= 0.3 is 0 Å². The molecule has 2 aromatic rings. The van der Waals surface area contributed by atoms with Crippen molar-refractivity contribution in [3.63, 3.8) is 0 Å². The first-order valence-electron chi connectivity index (χ1n) is 7.06. The van der Waals surface area contributed by atoms with E-state index in [-0.39, 0.29) is 5.54 Å². The standard InChI is InChI=1S/C16H15N3O/c20-11-17-16(7-8-16)13-2-1-3-14(10-13)19-15(6-9-18-19)12-4-5-12/h1-3,6,9-10,12H,4-5,7-8H2. The molecule has 0 unspecified atom stereocenters. The molecule has 0 bridgehead atoms. The van der Waals surface area contributed by atoms with E-state index in [0.29, 0.717) is 5.92 Å². The fourth-order valence-corrected chi connectivity index (χ4v) is 2.82. The summed E-state index contributed by atoms with van der Waals surface area (Å²) in [5.74, 6) is 0.657. The van der Waals surface area contributed by atoms with E-state index in [1.54, 1.807) is 6.08 Å². The van der Waals surface area contributed by atoms with Gasteiger partial charge in [0.1, 0.15) is 0 Å². The number of aliphatic imine (C=N–C) groups is 1. The van der Waals surface area contributed by atoms with Crippen LogP contribution in [0.5, 0.6) is 0 Å². The van der Waals surface area contributed by atoms with Crippen LogP contribution in [-0.2, 0) is 10.3 Å². The molecular weight excluding hydrogens is 250 g/mol. The normalized spacial score (nSPS) is 19.4. The van der Waals surface area contributed by atoms with Gasteiger partial charge in [-0.3, -0.25) is 0 Å². The Morgan fingerprint density at radius 3 is 2.85 bits per heavy atom. The maximum Gasteiger partial charge on any atom is 0.235 e. The van der Waals surface area contributed by atoms with E-state index < -0.39 is 0 Å². The van der Waals surface area contributed by atoms with Gasteiger partial charge in [0.05, 0.1) is 11.2 Å². The van der Waals surface area contributed by atoms with E-state index in [2.05, 4.69) is 28.3 Å². The van der Waals surface area contributed by atoms with Crippen molar-refractivity contribution in [1.29, 1.82) is 0 Å². The fourth-order valence-electron chi connectivity index (χ4n) is 2.82. The van der Waals surface area contributed by atoms with Crippen LogP contribution in [0.2, 0.25) is 0 Å². The molecule has 0 spiro atoms. The lowest BCUT2D eigenvalue weighted by Crippen LogP contribution is -2.06. The molecule has 4 nitrogen and oxygen atoms in total. The quantitative estimate of drug-likeness (QED) is 0.630. The third-order valence-corrected chi connectivity index (χ3v) is 4.28. The lowest BCUT2D eigenvalue weighted by atomic mass is 10.0. The number of hydrogen-bond donors (Lipinski definition) is 0. The number of aromatic nitrogens is 2. The summed E-state index contributed by atoms with van der Waals surface area (Å²) in [6.07, 6.45) is 7.94. The number of benzene rings is 1. The Labute approximate surface area is 117 Å². The summed E-state index contributed by atoms with van der Waals surface area (Å²) in [5, 5.41) is 4.45. The first-order valence-corrected chi connectivity index (χ1v) is 7.06. The molecule has 20 heavy (non-hydrogen) atoms. The molecule has 0 atom stereocenters. The summed E-state index contributed by atoms with van der Waals surface area (Å²) in [4.78, 5) is 14.6. The third-order valence-electron chi connectivity index (χ3n) is 4.28. The summed E-state index contributed by atoms with van der Waals surface area (Å²) < 4.78 is 2.02. The zero-order valence-electron chi connectivity index (χ0n) is 11.1. The van der Waals surface area contributed by atoms with Gasteiger partial charge in [0.15, 0.2) is 0 Å². The van der Waals surface area contributed by atoms with Gasteiger partial charge in [-0.05, 0) is 49.4 Å². The second-order valence-electron chi connectivity index (χ2n) is 5.73. The summed E-state index contributed by atoms with van der Waals surface area (Å²) in [6, 6.07) is 10.3. The van der Waals surface area contributed by atoms with Gasteiger partial charge in [-0.25, -0.2) is 9.48 Å². The van der Waals surface area contributed by atoms with Crippen molar-refractivity contribution < 1.29 is 4.79 Å². The van der Waals surface area contributed by atoms with E-state index >= 15 is 0 Å². The van der Waals surface area contributed by atoms with Crippen molar-refractivity contribution in [2.24, 2.45) is 4.99 Å². The Balaban J connectivity index is 1.76. The molecule has 2 aliphatic carbocycles. The van der Waals surface area contributed by atoms with Gasteiger partial charge in [0.25, 0.3) is 0 Å². The van der Waals surface area contributed by atoms with Gasteiger partial charge < -0.3 is 0 Å². The van der Waals surface area contributed by atoms with Gasteiger partial charge in [0.2, 0.25) is 6.08 Å². The number of hydrogen-bond acceptors (Lipinski definition) is 3. The van der Waals surface area contributed by atoms with Gasteiger partial charge in [-0.15, -0.1) is 0 Å². The Morgan fingerprint density at radius 2 is 2.15 bits per heavy atom. The van der Waals surface area contributed by atoms with Crippen LogP contribution in [0.4, 0.5) is 0 Å². The van der Waals surface area contributed by atoms with Crippen molar-refractivity contribution in [2.75, 3.05) is 0 Å². The highest BCUT2D eigenvalue weighted by molar-refractivity contribution is 5.46. The Bertz CT molecular complexity index is 704. The Hall–Kier alpha value is -2.19. The Morgan fingerprint density at radius 1 is 1.30 bits per heavy atom. The van der Waals surface area contributed by atoms with Gasteiger partial charge in [-0.1, -0.05) is 12.1 Å². The van der Waals surface area contributed by atoms with Crippen molar-refractivity contribution in [3.8, 4) is 5.69 Å². The zero-order valence-corrected chi connectivity index (χ0v) is 11.1. The molecule has 0 radical (unpaired) electrons. The van der Waals surface area contributed by atoms with Crippen molar-refractivity contribution in [2.45, 2.75) is 37.1 Å². The van der Waals surface area contributed by atoms with E-state index in [0.717, 1.165) is 24.1 Å². The summed E-state index contributed by atoms with van der Waals surface area (Å²) in [5.41, 5.74) is 3.12. The molecule has 1 aromatic heterocycles. The summed E-state index contributed by atoms with van der Waals surface area (Å²) in [6.45, 7) is 0. The molecule has 2 saturated carbocycles. The maximum absolute atomic E-state index is 10.6. The minimum Gasteiger partial charge on any atom is -0.238 e. The first-order chi connectivity index (χ1) is 9.82. The van der Waals surface area contributed by atoms with Crippen LogP contribution < -0.4 is 0 Å². The average Bonchev–Trinajstić information content (AvgIpc) is 3.40. The molecular formula is C16H15N3O. The minimum absolute atomic E-state index is 0.315. The van der Waals surface area contributed by atoms with Crippen molar-refractivity contribution >= 4 is 6.08 Å². The summed E-state index contributed by atoms with van der Waals surface area (Å²) in [7, 11) is 0. The van der Waals surface area contributed by atoms with E-state index in [1.165, 1.54) is 18.5 Å². The number of isocyanates is 1. The van der Waals surface area contributed by atoms with E-state index in [1.807, 2.05) is 23.0 Å². The SMILES string of the molecule is O=C=NC1(c2cccc(-n3nccc3C3CC3)c2)CC1. The molecule has 0 saturated heterocycles. The fraction of sp³-hybridized carbons (Fsp3) is 0.375. The molecule has 4 rings (SSSR count). The predicted octanol–water partition coefficient (Wildman–Crippen LogP) is 3.07. The smallest absolute Gasteiger partial charge is 0.235 e. The molecule has 1 aromatic carbocycles. The monoisotopic (exact) mass is 265 g/mol. The lowest BCUT2D eigenvalue weighted by Gasteiger charge is -2.12. The molecule has 0 amide bonds. The largest absolute Gasteiger partial charge is 0.238 e. The van der Waals surface area contributed by atoms with Crippen LogP contribution >= 0.6 is 0 Å². The second-order valence-corrected chi connectivity index (χ2v) is 5.73. The second kappa shape index (κ2) is 4.15. The highest BCUT2D eigenvalue weighted by atomic mass is 16.1. The average molecular weight is 265 g/mol. The molecule has 0 N–H and O–H groups in total. The lowest BCUT2D eigenvalue weighted by molar-refractivity contribution is 0.556. The highest BCUT2D eigenvalue weighted by Gasteiger charge is 2.45. The summed E-state index contributed by atoms with van der Waals surface area (Å²) >= 11 is 0. The Kier molecular flexibility index (Phi) is 2.41. The van der Waals surface area contributed by atoms with Crippen LogP contribution in [0.15, 0.2) is 41.5 Å². The molecule has 2 fully saturated rings. The minimum atomic E-state index is -0.315. The van der Waals surface area contributed by atoms with Crippen LogP contribution in [0.3, 0.4) is 0 Å². The number of rotatable bonds is 4. The van der Waals surface area contributed by atoms with Crippen LogP contribution in [0.25, 0.3) is 5.69 Å². The molecule has 1 heterocycles. The van der Waals surface area contributed by atoms with Crippen LogP contribution in [0, 0.1) is 0 Å². The number of nitrogens with zero attached hydrogens (tertiary/aromatic N) is 3. The highest BCUT2D eigenvalue weighted by Crippen LogP contribution is 2.49. The van der Waals surface area contributed by atoms with Gasteiger partial charge in [-0.2, -0.15) is 10.1 Å². The van der Waals surface area contributed by atoms with E-state index in [4.69, 9.17) is 0 Å². The van der Waals surface area contributed by atoms with Crippen molar-refractivity contribution in [1.82, 2.24) is 9.78 Å².